The lowest BCUT2D eigenvalue weighted by molar-refractivity contribution is -0.122. The molecule has 2 N–H and O–H groups in total. The number of carbonyl (C=O) groups excluding carboxylic acids is 1. The van der Waals surface area contributed by atoms with E-state index >= 15 is 0 Å². The van der Waals surface area contributed by atoms with E-state index < -0.39 is 0 Å². The molecule has 0 radical (unpaired) electrons. The molecule has 1 atom stereocenters. The first-order valence-electron chi connectivity index (χ1n) is 3.56. The maximum atomic E-state index is 11.0. The van der Waals surface area contributed by atoms with Crippen molar-refractivity contribution in [3.63, 3.8) is 0 Å². The quantitative estimate of drug-likeness (QED) is 0.583. The van der Waals surface area contributed by atoms with Crippen LogP contribution in [0.2, 0.25) is 0 Å². The molecule has 0 rings (SSSR count). The average Bonchev–Trinajstić information content (AvgIpc) is 1.98. The van der Waals surface area contributed by atoms with Crippen LogP contribution in [0.15, 0.2) is 12.7 Å². The van der Waals surface area contributed by atoms with Gasteiger partial charge in [-0.05, 0) is 6.42 Å². The molecule has 0 spiro atoms. The maximum absolute atomic E-state index is 11.0. The molecule has 0 aromatic rings. The number of ketones is 1. The Balaban J connectivity index is 3.51. The van der Waals surface area contributed by atoms with E-state index in [0.29, 0.717) is 13.0 Å². The fraction of sp³-hybridized carbons (Fsp3) is 0.625. The van der Waals surface area contributed by atoms with E-state index in [1.54, 1.807) is 6.08 Å². The van der Waals surface area contributed by atoms with Gasteiger partial charge in [0.05, 0.1) is 0 Å². The van der Waals surface area contributed by atoms with E-state index in [1.807, 2.05) is 6.92 Å². The van der Waals surface area contributed by atoms with Gasteiger partial charge in [0.1, 0.15) is 5.78 Å². The predicted octanol–water partition coefficient (Wildman–Crippen LogP) is 1.12. The van der Waals surface area contributed by atoms with Gasteiger partial charge in [-0.2, -0.15) is 0 Å². The fourth-order valence-electron chi connectivity index (χ4n) is 0.622. The van der Waals surface area contributed by atoms with Gasteiger partial charge in [0.15, 0.2) is 0 Å². The molecular weight excluding hydrogens is 126 g/mol. The van der Waals surface area contributed by atoms with E-state index in [-0.39, 0.29) is 11.7 Å². The van der Waals surface area contributed by atoms with Crippen LogP contribution in [0.3, 0.4) is 0 Å². The Morgan fingerprint density at radius 2 is 2.40 bits per heavy atom. The SMILES string of the molecule is C=CCCC(=O)C(C)CN. The van der Waals surface area contributed by atoms with Gasteiger partial charge in [-0.1, -0.05) is 13.0 Å². The molecule has 58 valence electrons. The highest BCUT2D eigenvalue weighted by Crippen LogP contribution is 2.00. The molecule has 0 aliphatic carbocycles. The first-order chi connectivity index (χ1) is 4.72. The maximum Gasteiger partial charge on any atom is 0.137 e. The molecule has 1 unspecified atom stereocenters. The predicted molar refractivity (Wildman–Crippen MR) is 42.7 cm³/mol. The number of rotatable bonds is 5. The van der Waals surface area contributed by atoms with Gasteiger partial charge in [-0.25, -0.2) is 0 Å². The second kappa shape index (κ2) is 5.18. The molecule has 2 heteroatoms. The molecule has 0 saturated carbocycles. The Morgan fingerprint density at radius 3 is 2.80 bits per heavy atom. The van der Waals surface area contributed by atoms with E-state index in [4.69, 9.17) is 5.73 Å². The Hall–Kier alpha value is -0.630. The highest BCUT2D eigenvalue weighted by atomic mass is 16.1. The first kappa shape index (κ1) is 9.37. The van der Waals surface area contributed by atoms with Crippen LogP contribution in [-0.4, -0.2) is 12.3 Å². The van der Waals surface area contributed by atoms with Gasteiger partial charge >= 0.3 is 0 Å². The van der Waals surface area contributed by atoms with Crippen LogP contribution in [0.4, 0.5) is 0 Å². The summed E-state index contributed by atoms with van der Waals surface area (Å²) >= 11 is 0. The molecule has 0 aliphatic rings. The lowest BCUT2D eigenvalue weighted by Gasteiger charge is -2.04. The monoisotopic (exact) mass is 141 g/mol. The summed E-state index contributed by atoms with van der Waals surface area (Å²) < 4.78 is 0. The molecule has 0 saturated heterocycles. The van der Waals surface area contributed by atoms with Crippen molar-refractivity contribution >= 4 is 5.78 Å². The molecule has 0 fully saturated rings. The van der Waals surface area contributed by atoms with Crippen molar-refractivity contribution in [1.29, 1.82) is 0 Å². The number of carbonyl (C=O) groups is 1. The van der Waals surface area contributed by atoms with Crippen LogP contribution in [0.1, 0.15) is 19.8 Å². The van der Waals surface area contributed by atoms with Crippen LogP contribution in [-0.2, 0) is 4.79 Å². The summed E-state index contributed by atoms with van der Waals surface area (Å²) in [7, 11) is 0. The fourth-order valence-corrected chi connectivity index (χ4v) is 0.622. The third-order valence-electron chi connectivity index (χ3n) is 1.50. The first-order valence-corrected chi connectivity index (χ1v) is 3.56. The normalized spacial score (nSPS) is 12.6. The van der Waals surface area contributed by atoms with Gasteiger partial charge in [0, 0.05) is 18.9 Å². The third-order valence-corrected chi connectivity index (χ3v) is 1.50. The van der Waals surface area contributed by atoms with E-state index in [0.717, 1.165) is 6.42 Å². The molecule has 0 heterocycles. The van der Waals surface area contributed by atoms with Crippen LogP contribution < -0.4 is 5.73 Å². The van der Waals surface area contributed by atoms with E-state index in [2.05, 4.69) is 6.58 Å². The molecule has 0 amide bonds. The molecule has 0 aliphatic heterocycles. The zero-order valence-electron chi connectivity index (χ0n) is 6.47. The summed E-state index contributed by atoms with van der Waals surface area (Å²) in [5.41, 5.74) is 5.30. The second-order valence-electron chi connectivity index (χ2n) is 2.43. The lowest BCUT2D eigenvalue weighted by Crippen LogP contribution is -2.19. The van der Waals surface area contributed by atoms with Gasteiger partial charge in [0.25, 0.3) is 0 Å². The zero-order chi connectivity index (χ0) is 7.98. The summed E-state index contributed by atoms with van der Waals surface area (Å²) in [5.74, 6) is 0.252. The largest absolute Gasteiger partial charge is 0.330 e. The van der Waals surface area contributed by atoms with Crippen molar-refractivity contribution in [2.75, 3.05) is 6.54 Å². The van der Waals surface area contributed by atoms with Crippen LogP contribution >= 0.6 is 0 Å². The van der Waals surface area contributed by atoms with Crippen LogP contribution in [0.25, 0.3) is 0 Å². The molecule has 2 nitrogen and oxygen atoms in total. The number of allylic oxidation sites excluding steroid dienone is 1. The highest BCUT2D eigenvalue weighted by molar-refractivity contribution is 5.80. The smallest absolute Gasteiger partial charge is 0.137 e. The van der Waals surface area contributed by atoms with Crippen molar-refractivity contribution in [2.24, 2.45) is 11.7 Å². The van der Waals surface area contributed by atoms with Crippen molar-refractivity contribution in [3.8, 4) is 0 Å². The van der Waals surface area contributed by atoms with Gasteiger partial charge in [-0.3, -0.25) is 4.79 Å². The van der Waals surface area contributed by atoms with Crippen molar-refractivity contribution in [2.45, 2.75) is 19.8 Å². The highest BCUT2D eigenvalue weighted by Gasteiger charge is 2.08. The van der Waals surface area contributed by atoms with Crippen LogP contribution in [0.5, 0.6) is 0 Å². The molecular formula is C8H15NO. The Bertz CT molecular complexity index is 120. The summed E-state index contributed by atoms with van der Waals surface area (Å²) in [6.45, 7) is 5.84. The number of hydrogen-bond donors (Lipinski definition) is 1. The summed E-state index contributed by atoms with van der Waals surface area (Å²) in [6.07, 6.45) is 3.10. The van der Waals surface area contributed by atoms with Crippen LogP contribution in [0, 0.1) is 5.92 Å². The molecule has 0 aromatic carbocycles. The van der Waals surface area contributed by atoms with Crippen molar-refractivity contribution < 1.29 is 4.79 Å². The topological polar surface area (TPSA) is 43.1 Å². The Labute approximate surface area is 62.1 Å². The molecule has 0 aromatic heterocycles. The molecule has 10 heavy (non-hydrogen) atoms. The Kier molecular flexibility index (Phi) is 4.85. The number of Topliss-reactive ketones (excluding diaryl/α,β-unsaturated/α-hetero) is 1. The Morgan fingerprint density at radius 1 is 1.80 bits per heavy atom. The van der Waals surface area contributed by atoms with E-state index in [9.17, 15) is 4.79 Å². The minimum atomic E-state index is 0.0138. The third kappa shape index (κ3) is 3.41. The van der Waals surface area contributed by atoms with Crippen molar-refractivity contribution in [3.05, 3.63) is 12.7 Å². The van der Waals surface area contributed by atoms with Crippen molar-refractivity contribution in [1.82, 2.24) is 0 Å². The number of hydrogen-bond acceptors (Lipinski definition) is 2. The zero-order valence-corrected chi connectivity index (χ0v) is 6.47. The summed E-state index contributed by atoms with van der Waals surface area (Å²) in [5, 5.41) is 0. The number of nitrogens with two attached hydrogens (primary N) is 1. The average molecular weight is 141 g/mol. The van der Waals surface area contributed by atoms with Gasteiger partial charge < -0.3 is 5.73 Å². The standard InChI is InChI=1S/C8H15NO/c1-3-4-5-8(10)7(2)6-9/h3,7H,1,4-6,9H2,2H3. The minimum absolute atomic E-state index is 0.0138. The summed E-state index contributed by atoms with van der Waals surface area (Å²) in [6, 6.07) is 0. The summed E-state index contributed by atoms with van der Waals surface area (Å²) in [4.78, 5) is 11.0. The minimum Gasteiger partial charge on any atom is -0.330 e. The van der Waals surface area contributed by atoms with E-state index in [1.165, 1.54) is 0 Å². The lowest BCUT2D eigenvalue weighted by atomic mass is 10.0. The van der Waals surface area contributed by atoms with Gasteiger partial charge in [-0.15, -0.1) is 6.58 Å². The second-order valence-corrected chi connectivity index (χ2v) is 2.43. The van der Waals surface area contributed by atoms with Gasteiger partial charge in [0.2, 0.25) is 0 Å². The molecule has 0 bridgehead atoms.